The molecule has 0 heterocycles. The van der Waals surface area contributed by atoms with Crippen LogP contribution in [0.25, 0.3) is 0 Å². The Morgan fingerprint density at radius 2 is 1.03 bits per heavy atom. The zero-order valence-corrected chi connectivity index (χ0v) is 16.4. The van der Waals surface area contributed by atoms with E-state index in [4.69, 9.17) is 9.66 Å². The van der Waals surface area contributed by atoms with Crippen molar-refractivity contribution in [3.8, 4) is 5.75 Å². The summed E-state index contributed by atoms with van der Waals surface area (Å²) < 4.78 is 207. The van der Waals surface area contributed by atoms with Crippen LogP contribution in [-0.2, 0) is 14.9 Å². The minimum absolute atomic E-state index is 0.0346. The Hall–Kier alpha value is -2.39. The smallest absolute Gasteiger partial charge is 0.424 e. The van der Waals surface area contributed by atoms with E-state index < -0.39 is 68.3 Å². The second-order valence-corrected chi connectivity index (χ2v) is 7.82. The maximum atomic E-state index is 14.6. The van der Waals surface area contributed by atoms with Crippen molar-refractivity contribution in [2.75, 3.05) is 0 Å². The number of esters is 1. The van der Waals surface area contributed by atoms with E-state index in [0.29, 0.717) is 0 Å². The molecule has 0 aromatic heterocycles. The van der Waals surface area contributed by atoms with Gasteiger partial charge in [-0.3, -0.25) is 4.55 Å². The Morgan fingerprint density at radius 1 is 0.686 bits per heavy atom. The molecule has 35 heavy (non-hydrogen) atoms. The first-order valence-electron chi connectivity index (χ1n) is 7.81. The number of alkyl halides is 13. The molecule has 0 saturated carbocycles. The van der Waals surface area contributed by atoms with E-state index in [1.165, 1.54) is 0 Å². The van der Waals surface area contributed by atoms with Gasteiger partial charge in [0.05, 0.1) is 4.90 Å². The highest BCUT2D eigenvalue weighted by molar-refractivity contribution is 7.85. The van der Waals surface area contributed by atoms with Crippen LogP contribution >= 0.6 is 0 Å². The van der Waals surface area contributed by atoms with Gasteiger partial charge in [-0.05, 0) is 24.3 Å². The summed E-state index contributed by atoms with van der Waals surface area (Å²) in [5.41, 5.74) is -24.0. The third-order valence-electron chi connectivity index (χ3n) is 4.21. The molecule has 0 aliphatic rings. The first-order valence-corrected chi connectivity index (χ1v) is 9.25. The quantitative estimate of drug-likeness (QED) is 0.209. The van der Waals surface area contributed by atoms with Crippen LogP contribution in [-0.4, -0.2) is 70.7 Å². The lowest BCUT2D eigenvalue weighted by atomic mass is 9.70. The molecule has 0 bridgehead atoms. The topological polar surface area (TPSA) is 121 Å². The summed E-state index contributed by atoms with van der Waals surface area (Å²) in [5, 5.41) is 17.8. The fourth-order valence-corrected chi connectivity index (χ4v) is 3.02. The average Bonchev–Trinajstić information content (AvgIpc) is 2.61. The van der Waals surface area contributed by atoms with Crippen molar-refractivity contribution >= 4 is 16.1 Å². The number of rotatable bonds is 6. The van der Waals surface area contributed by atoms with Crippen molar-refractivity contribution in [1.82, 2.24) is 0 Å². The van der Waals surface area contributed by atoms with E-state index in [2.05, 4.69) is 4.74 Å². The molecule has 0 aliphatic carbocycles. The highest BCUT2D eigenvalue weighted by Gasteiger charge is 2.97. The Bertz CT molecular complexity index is 986. The lowest BCUT2D eigenvalue weighted by Crippen LogP contribution is -2.84. The van der Waals surface area contributed by atoms with Crippen LogP contribution in [0.15, 0.2) is 29.2 Å². The molecule has 1 rings (SSSR count). The number of carbonyl (C=O) groups is 1. The van der Waals surface area contributed by atoms with Gasteiger partial charge in [-0.25, -0.2) is 13.6 Å². The third-order valence-corrected chi connectivity index (χ3v) is 5.08. The zero-order valence-electron chi connectivity index (χ0n) is 15.6. The summed E-state index contributed by atoms with van der Waals surface area (Å²) in [5.74, 6) is -6.03. The Kier molecular flexibility index (Phi) is 7.30. The predicted octanol–water partition coefficient (Wildman–Crippen LogP) is 3.26. The van der Waals surface area contributed by atoms with Crippen molar-refractivity contribution in [2.24, 2.45) is 0 Å². The molecule has 202 valence electrons. The molecular formula is C14H7F13O7S. The number of hydrogen-bond donors (Lipinski definition) is 3. The van der Waals surface area contributed by atoms with E-state index >= 15 is 0 Å². The van der Waals surface area contributed by atoms with Crippen LogP contribution < -0.4 is 4.74 Å². The molecule has 0 radical (unpaired) electrons. The molecule has 0 fully saturated rings. The lowest BCUT2D eigenvalue weighted by molar-refractivity contribution is -0.457. The maximum absolute atomic E-state index is 14.6. The van der Waals surface area contributed by atoms with Gasteiger partial charge in [0.25, 0.3) is 15.7 Å². The standard InChI is InChI=1S/C14H7F13O7S/c15-9(11(17,18)19,12(20,21)22)8(29,10(16,13(23,24)25)14(26,27)30)7(28)34-5-1-3-6(4-2-5)35(31,32)33/h1-4,29-30H,(H,31,32,33). The normalized spacial score (nSPS) is 17.9. The molecule has 0 aliphatic heterocycles. The van der Waals surface area contributed by atoms with E-state index in [1.807, 2.05) is 0 Å². The molecule has 0 spiro atoms. The summed E-state index contributed by atoms with van der Waals surface area (Å²) in [6.07, 6.45) is -31.5. The van der Waals surface area contributed by atoms with Gasteiger partial charge in [-0.15, -0.1) is 0 Å². The number of hydrogen-bond acceptors (Lipinski definition) is 6. The Labute approximate surface area is 183 Å². The van der Waals surface area contributed by atoms with Crippen LogP contribution in [0.1, 0.15) is 0 Å². The minimum atomic E-state index is -8.23. The van der Waals surface area contributed by atoms with Crippen molar-refractivity contribution in [3.05, 3.63) is 24.3 Å². The fraction of sp³-hybridized carbons (Fsp3) is 0.500. The summed E-state index contributed by atoms with van der Waals surface area (Å²) >= 11 is 0. The average molecular weight is 566 g/mol. The van der Waals surface area contributed by atoms with Crippen molar-refractivity contribution in [3.63, 3.8) is 0 Å². The van der Waals surface area contributed by atoms with Gasteiger partial charge in [-0.2, -0.15) is 56.7 Å². The number of carbonyl (C=O) groups excluding carboxylic acids is 1. The largest absolute Gasteiger partial charge is 0.435 e. The van der Waals surface area contributed by atoms with Gasteiger partial charge in [0.2, 0.25) is 0 Å². The van der Waals surface area contributed by atoms with Gasteiger partial charge in [0.15, 0.2) is 0 Å². The molecule has 2 atom stereocenters. The SMILES string of the molecule is O=C(Oc1ccc(S(=O)(=O)O)cc1)C(O)(C(F)(C(O)(F)F)C(F)(F)F)C(F)(C(F)(F)F)C(F)(F)F. The van der Waals surface area contributed by atoms with Gasteiger partial charge < -0.3 is 14.9 Å². The van der Waals surface area contributed by atoms with E-state index in [1.54, 1.807) is 0 Å². The number of halogens is 13. The van der Waals surface area contributed by atoms with Crippen molar-refractivity contribution in [1.29, 1.82) is 0 Å². The van der Waals surface area contributed by atoms with Gasteiger partial charge >= 0.3 is 41.9 Å². The summed E-state index contributed by atoms with van der Waals surface area (Å²) in [4.78, 5) is 10.8. The van der Waals surface area contributed by atoms with Gasteiger partial charge in [0.1, 0.15) is 5.75 Å². The molecule has 0 amide bonds. The molecule has 1 aromatic carbocycles. The summed E-state index contributed by atoms with van der Waals surface area (Å²) in [7, 11) is -5.09. The van der Waals surface area contributed by atoms with Crippen LogP contribution in [0.3, 0.4) is 0 Å². The second-order valence-electron chi connectivity index (χ2n) is 6.40. The maximum Gasteiger partial charge on any atom is 0.435 e. The summed E-state index contributed by atoms with van der Waals surface area (Å²) in [6.45, 7) is 0. The van der Waals surface area contributed by atoms with E-state index in [9.17, 15) is 75.4 Å². The van der Waals surface area contributed by atoms with Gasteiger partial charge in [-0.1, -0.05) is 0 Å². The Balaban J connectivity index is 4.07. The monoisotopic (exact) mass is 566 g/mol. The van der Waals surface area contributed by atoms with Crippen molar-refractivity contribution in [2.45, 2.75) is 46.5 Å². The van der Waals surface area contributed by atoms with Gasteiger partial charge in [0, 0.05) is 0 Å². The molecule has 3 N–H and O–H groups in total. The molecular weight excluding hydrogens is 559 g/mol. The summed E-state index contributed by atoms with van der Waals surface area (Å²) in [6, 6.07) is 0.154. The first-order chi connectivity index (χ1) is 15.1. The van der Waals surface area contributed by atoms with Crippen LogP contribution in [0.4, 0.5) is 57.1 Å². The molecule has 21 heteroatoms. The highest BCUT2D eigenvalue weighted by Crippen LogP contribution is 2.62. The van der Waals surface area contributed by atoms with E-state index in [0.717, 1.165) is 0 Å². The fourth-order valence-electron chi connectivity index (χ4n) is 2.54. The zero-order chi connectivity index (χ0) is 28.3. The molecule has 7 nitrogen and oxygen atoms in total. The predicted molar refractivity (Wildman–Crippen MR) is 79.9 cm³/mol. The highest BCUT2D eigenvalue weighted by atomic mass is 32.2. The number of benzene rings is 1. The van der Waals surface area contributed by atoms with Crippen LogP contribution in [0.5, 0.6) is 5.75 Å². The lowest BCUT2D eigenvalue weighted by Gasteiger charge is -2.48. The number of aliphatic hydroxyl groups is 2. The van der Waals surface area contributed by atoms with Crippen LogP contribution in [0, 0.1) is 0 Å². The molecule has 0 saturated heterocycles. The van der Waals surface area contributed by atoms with E-state index in [-0.39, 0.29) is 24.3 Å². The van der Waals surface area contributed by atoms with Crippen molar-refractivity contribution < 1.29 is 89.8 Å². The first kappa shape index (κ1) is 30.6. The number of ether oxygens (including phenoxy) is 1. The minimum Gasteiger partial charge on any atom is -0.424 e. The molecule has 2 unspecified atom stereocenters. The molecule has 1 aromatic rings. The Morgan fingerprint density at radius 3 is 1.29 bits per heavy atom. The van der Waals surface area contributed by atoms with Crippen LogP contribution in [0.2, 0.25) is 0 Å². The second kappa shape index (κ2) is 8.34. The third kappa shape index (κ3) is 4.60.